The van der Waals surface area contributed by atoms with Crippen molar-refractivity contribution in [3.05, 3.63) is 33.7 Å². The number of nitrogens with zero attached hydrogens (tertiary/aromatic N) is 3. The Morgan fingerprint density at radius 1 is 1.50 bits per heavy atom. The van der Waals surface area contributed by atoms with E-state index in [9.17, 15) is 4.79 Å². The van der Waals surface area contributed by atoms with Gasteiger partial charge in [-0.2, -0.15) is 5.10 Å². The number of aromatic nitrogens is 2. The lowest BCUT2D eigenvalue weighted by molar-refractivity contribution is 0.318. The lowest BCUT2D eigenvalue weighted by Crippen LogP contribution is -2.34. The van der Waals surface area contributed by atoms with E-state index in [1.807, 2.05) is 0 Å². The molecule has 2 atom stereocenters. The first-order valence-corrected chi connectivity index (χ1v) is 7.87. The van der Waals surface area contributed by atoms with Gasteiger partial charge in [0.2, 0.25) is 0 Å². The fraction of sp³-hybridized carbons (Fsp3) is 0.571. The second-order valence-electron chi connectivity index (χ2n) is 5.43. The molecule has 1 N–H and O–H groups in total. The van der Waals surface area contributed by atoms with Gasteiger partial charge in [-0.15, -0.1) is 6.58 Å². The van der Waals surface area contributed by atoms with Crippen LogP contribution in [0.5, 0.6) is 0 Å². The molecular weight excluding hydrogens is 320 g/mol. The van der Waals surface area contributed by atoms with Gasteiger partial charge in [-0.25, -0.2) is 4.68 Å². The van der Waals surface area contributed by atoms with Crippen molar-refractivity contribution >= 4 is 21.6 Å². The third-order valence-corrected chi connectivity index (χ3v) is 5.00. The van der Waals surface area contributed by atoms with Crippen molar-refractivity contribution < 1.29 is 0 Å². The molecule has 1 aromatic rings. The number of halogens is 1. The van der Waals surface area contributed by atoms with Crippen LogP contribution in [-0.4, -0.2) is 39.9 Å². The second-order valence-corrected chi connectivity index (χ2v) is 6.23. The molecule has 2 unspecified atom stereocenters. The molecule has 0 amide bonds. The van der Waals surface area contributed by atoms with Crippen LogP contribution >= 0.6 is 15.9 Å². The zero-order chi connectivity index (χ0) is 14.1. The molecule has 0 radical (unpaired) electrons. The summed E-state index contributed by atoms with van der Waals surface area (Å²) in [5, 5.41) is 7.68. The number of anilines is 1. The summed E-state index contributed by atoms with van der Waals surface area (Å²) < 4.78 is 1.96. The SMILES string of the molecule is C=CCn1ncc(NC2CCN3CCCC23)c(Br)c1=O. The Hall–Kier alpha value is -1.14. The quantitative estimate of drug-likeness (QED) is 0.851. The number of nitrogens with one attached hydrogen (secondary N) is 1. The van der Waals surface area contributed by atoms with Gasteiger partial charge in [0.25, 0.3) is 5.56 Å². The van der Waals surface area contributed by atoms with Crippen LogP contribution < -0.4 is 10.9 Å². The predicted molar refractivity (Wildman–Crippen MR) is 83.0 cm³/mol. The molecule has 0 aliphatic carbocycles. The Balaban J connectivity index is 1.79. The molecule has 5 nitrogen and oxygen atoms in total. The minimum Gasteiger partial charge on any atom is -0.378 e. The standard InChI is InChI=1S/C14H19BrN4O/c1-2-6-19-14(20)13(15)11(9-16-19)17-10-5-8-18-7-3-4-12(10)18/h2,9-10,12,17H,1,3-8H2. The van der Waals surface area contributed by atoms with Crippen LogP contribution in [0.25, 0.3) is 0 Å². The maximum Gasteiger partial charge on any atom is 0.283 e. The van der Waals surface area contributed by atoms with Crippen molar-refractivity contribution in [2.75, 3.05) is 18.4 Å². The number of hydrogen-bond donors (Lipinski definition) is 1. The summed E-state index contributed by atoms with van der Waals surface area (Å²) in [7, 11) is 0. The Morgan fingerprint density at radius 3 is 3.15 bits per heavy atom. The highest BCUT2D eigenvalue weighted by molar-refractivity contribution is 9.10. The molecule has 6 heteroatoms. The molecule has 20 heavy (non-hydrogen) atoms. The highest BCUT2D eigenvalue weighted by Gasteiger charge is 2.37. The maximum absolute atomic E-state index is 12.1. The summed E-state index contributed by atoms with van der Waals surface area (Å²) in [5.74, 6) is 0. The maximum atomic E-state index is 12.1. The molecule has 0 aromatic carbocycles. The Morgan fingerprint density at radius 2 is 2.35 bits per heavy atom. The minimum atomic E-state index is -0.115. The summed E-state index contributed by atoms with van der Waals surface area (Å²) in [6.07, 6.45) is 7.06. The van der Waals surface area contributed by atoms with Gasteiger partial charge in [0.15, 0.2) is 0 Å². The van der Waals surface area contributed by atoms with Crippen molar-refractivity contribution in [1.29, 1.82) is 0 Å². The van der Waals surface area contributed by atoms with E-state index in [-0.39, 0.29) is 5.56 Å². The van der Waals surface area contributed by atoms with Crippen LogP contribution in [0.2, 0.25) is 0 Å². The monoisotopic (exact) mass is 338 g/mol. The zero-order valence-corrected chi connectivity index (χ0v) is 13.0. The van der Waals surface area contributed by atoms with Crippen LogP contribution in [0.4, 0.5) is 5.69 Å². The summed E-state index contributed by atoms with van der Waals surface area (Å²) in [6.45, 7) is 6.43. The molecule has 1 aromatic heterocycles. The van der Waals surface area contributed by atoms with Gasteiger partial charge >= 0.3 is 0 Å². The molecule has 0 spiro atoms. The minimum absolute atomic E-state index is 0.115. The third-order valence-electron chi connectivity index (χ3n) is 4.23. The van der Waals surface area contributed by atoms with Crippen LogP contribution in [0, 0.1) is 0 Å². The van der Waals surface area contributed by atoms with Gasteiger partial charge in [0, 0.05) is 18.6 Å². The van der Waals surface area contributed by atoms with Gasteiger partial charge in [-0.05, 0) is 41.7 Å². The second kappa shape index (κ2) is 5.69. The first kappa shape index (κ1) is 13.8. The van der Waals surface area contributed by atoms with Crippen LogP contribution in [0.1, 0.15) is 19.3 Å². The molecule has 0 bridgehead atoms. The smallest absolute Gasteiger partial charge is 0.283 e. The molecular formula is C14H19BrN4O. The van der Waals surface area contributed by atoms with Gasteiger partial charge in [-0.1, -0.05) is 6.08 Å². The molecule has 108 valence electrons. The first-order chi connectivity index (χ1) is 9.70. The zero-order valence-electron chi connectivity index (χ0n) is 11.4. The van der Waals surface area contributed by atoms with E-state index in [2.05, 4.69) is 37.8 Å². The number of hydrogen-bond acceptors (Lipinski definition) is 4. The predicted octanol–water partition coefficient (Wildman–Crippen LogP) is 1.84. The summed E-state index contributed by atoms with van der Waals surface area (Å²) in [4.78, 5) is 14.7. The lowest BCUT2D eigenvalue weighted by Gasteiger charge is -2.22. The fourth-order valence-electron chi connectivity index (χ4n) is 3.27. The topological polar surface area (TPSA) is 50.2 Å². The highest BCUT2D eigenvalue weighted by Crippen LogP contribution is 2.31. The first-order valence-electron chi connectivity index (χ1n) is 7.08. The normalized spacial score (nSPS) is 25.6. The average molecular weight is 339 g/mol. The van der Waals surface area contributed by atoms with Gasteiger partial charge in [0.1, 0.15) is 4.47 Å². The largest absolute Gasteiger partial charge is 0.378 e. The highest BCUT2D eigenvalue weighted by atomic mass is 79.9. The van der Waals surface area contributed by atoms with Gasteiger partial charge in [-0.3, -0.25) is 9.69 Å². The van der Waals surface area contributed by atoms with Crippen molar-refractivity contribution in [2.24, 2.45) is 0 Å². The van der Waals surface area contributed by atoms with E-state index in [0.29, 0.717) is 23.1 Å². The van der Waals surface area contributed by atoms with Crippen LogP contribution in [-0.2, 0) is 6.54 Å². The molecule has 2 aliphatic rings. The van der Waals surface area contributed by atoms with Crippen molar-refractivity contribution in [2.45, 2.75) is 37.9 Å². The lowest BCUT2D eigenvalue weighted by atomic mass is 10.1. The summed E-state index contributed by atoms with van der Waals surface area (Å²) >= 11 is 3.40. The number of fused-ring (bicyclic) bond motifs is 1. The van der Waals surface area contributed by atoms with E-state index in [0.717, 1.165) is 18.7 Å². The number of allylic oxidation sites excluding steroid dienone is 1. The van der Waals surface area contributed by atoms with Gasteiger partial charge < -0.3 is 5.32 Å². The number of rotatable bonds is 4. The Labute approximate surface area is 126 Å². The van der Waals surface area contributed by atoms with E-state index >= 15 is 0 Å². The van der Waals surface area contributed by atoms with Crippen molar-refractivity contribution in [3.8, 4) is 0 Å². The van der Waals surface area contributed by atoms with E-state index < -0.39 is 0 Å². The average Bonchev–Trinajstić information content (AvgIpc) is 3.03. The van der Waals surface area contributed by atoms with E-state index in [1.165, 1.54) is 24.1 Å². The summed E-state index contributed by atoms with van der Waals surface area (Å²) in [6, 6.07) is 1.03. The fourth-order valence-corrected chi connectivity index (χ4v) is 3.69. The summed E-state index contributed by atoms with van der Waals surface area (Å²) in [5.41, 5.74) is 0.685. The molecule has 3 rings (SSSR count). The molecule has 2 fully saturated rings. The van der Waals surface area contributed by atoms with Crippen LogP contribution in [0.15, 0.2) is 28.1 Å². The van der Waals surface area contributed by atoms with E-state index in [1.54, 1.807) is 12.3 Å². The molecule has 2 saturated heterocycles. The molecule has 2 aliphatic heterocycles. The van der Waals surface area contributed by atoms with Crippen molar-refractivity contribution in [3.63, 3.8) is 0 Å². The van der Waals surface area contributed by atoms with Crippen molar-refractivity contribution in [1.82, 2.24) is 14.7 Å². The van der Waals surface area contributed by atoms with Crippen LogP contribution in [0.3, 0.4) is 0 Å². The third kappa shape index (κ3) is 2.42. The Kier molecular flexibility index (Phi) is 3.94. The van der Waals surface area contributed by atoms with Gasteiger partial charge in [0.05, 0.1) is 18.4 Å². The molecule has 3 heterocycles. The molecule has 0 saturated carbocycles. The Bertz CT molecular complexity index is 571. The van der Waals surface area contributed by atoms with E-state index in [4.69, 9.17) is 0 Å².